The lowest BCUT2D eigenvalue weighted by Crippen LogP contribution is -2.31. The summed E-state index contributed by atoms with van der Waals surface area (Å²) in [4.78, 5) is 26.0. The van der Waals surface area contributed by atoms with E-state index in [1.54, 1.807) is 48.5 Å². The Morgan fingerprint density at radius 1 is 1.05 bits per heavy atom. The summed E-state index contributed by atoms with van der Waals surface area (Å²) in [6, 6.07) is 21.9. The Morgan fingerprint density at radius 2 is 1.79 bits per heavy atom. The Bertz CT molecular complexity index is 1720. The maximum atomic E-state index is 13.3. The molecule has 0 spiro atoms. The van der Waals surface area contributed by atoms with Crippen LogP contribution in [-0.2, 0) is 19.6 Å². The molecule has 1 amide bonds. The summed E-state index contributed by atoms with van der Waals surface area (Å²) in [6.45, 7) is -0.615. The number of hydrogen-bond acceptors (Lipinski definition) is 8. The molecule has 42 heavy (non-hydrogen) atoms. The van der Waals surface area contributed by atoms with E-state index < -0.39 is 34.5 Å². The molecular formula is C30H26ClN3O7S. The van der Waals surface area contributed by atoms with Crippen molar-refractivity contribution < 1.29 is 31.9 Å². The summed E-state index contributed by atoms with van der Waals surface area (Å²) in [6.07, 6.45) is 1.89. The fraction of sp³-hybridized carbons (Fsp3) is 0.167. The Balaban J connectivity index is 1.30. The standard InChI is InChI=1S/C30H26ClN3O7S/c1-33(23-12-14-24(39-2)15-13-23)42(37,38)25-6-3-5-21(17-25)30(36)41-19-29(35)34-27(28-7-4-16-40-28)18-26(32-34)20-8-10-22(31)11-9-20/h3-17,27H,18-19H2,1-2H3/t27-/m0/s1. The third kappa shape index (κ3) is 6.02. The number of esters is 1. The number of nitrogens with zero attached hydrogens (tertiary/aromatic N) is 3. The molecule has 216 valence electrons. The number of anilines is 1. The van der Waals surface area contributed by atoms with Crippen LogP contribution in [0.5, 0.6) is 5.75 Å². The zero-order chi connectivity index (χ0) is 29.9. The van der Waals surface area contributed by atoms with Crippen LogP contribution >= 0.6 is 11.6 Å². The molecule has 4 aromatic rings. The molecule has 0 N–H and O–H groups in total. The molecule has 0 unspecified atom stereocenters. The van der Waals surface area contributed by atoms with E-state index in [-0.39, 0.29) is 10.5 Å². The normalized spacial score (nSPS) is 14.8. The Kier molecular flexibility index (Phi) is 8.32. The number of carbonyl (C=O) groups excluding carboxylic acids is 2. The van der Waals surface area contributed by atoms with Crippen LogP contribution in [-0.4, -0.2) is 51.8 Å². The monoisotopic (exact) mass is 607 g/mol. The van der Waals surface area contributed by atoms with E-state index in [0.717, 1.165) is 9.87 Å². The van der Waals surface area contributed by atoms with Crippen molar-refractivity contribution in [2.24, 2.45) is 5.10 Å². The van der Waals surface area contributed by atoms with E-state index in [1.807, 2.05) is 12.1 Å². The van der Waals surface area contributed by atoms with Gasteiger partial charge in [0, 0.05) is 18.5 Å². The maximum Gasteiger partial charge on any atom is 0.338 e. The van der Waals surface area contributed by atoms with Crippen molar-refractivity contribution in [1.29, 1.82) is 0 Å². The first kappa shape index (κ1) is 28.9. The van der Waals surface area contributed by atoms with Gasteiger partial charge in [0.15, 0.2) is 6.61 Å². The van der Waals surface area contributed by atoms with E-state index in [4.69, 9.17) is 25.5 Å². The van der Waals surface area contributed by atoms with Crippen molar-refractivity contribution in [2.45, 2.75) is 17.4 Å². The quantitative estimate of drug-likeness (QED) is 0.237. The van der Waals surface area contributed by atoms with Gasteiger partial charge in [-0.05, 0) is 72.3 Å². The molecular weight excluding hydrogens is 582 g/mol. The maximum absolute atomic E-state index is 13.3. The van der Waals surface area contributed by atoms with E-state index in [0.29, 0.717) is 34.4 Å². The van der Waals surface area contributed by atoms with Gasteiger partial charge in [-0.1, -0.05) is 29.8 Å². The van der Waals surface area contributed by atoms with Crippen LogP contribution in [0, 0.1) is 0 Å². The summed E-state index contributed by atoms with van der Waals surface area (Å²) < 4.78 is 43.6. The summed E-state index contributed by atoms with van der Waals surface area (Å²) >= 11 is 6.01. The van der Waals surface area contributed by atoms with Gasteiger partial charge in [-0.3, -0.25) is 9.10 Å². The molecule has 1 aliphatic rings. The van der Waals surface area contributed by atoms with Crippen molar-refractivity contribution in [3.05, 3.63) is 113 Å². The first-order chi connectivity index (χ1) is 20.2. The Hall–Kier alpha value is -4.61. The Labute approximate surface area is 247 Å². The molecule has 0 aliphatic carbocycles. The number of carbonyl (C=O) groups is 2. The van der Waals surface area contributed by atoms with Crippen LogP contribution in [0.15, 0.2) is 106 Å². The van der Waals surface area contributed by atoms with Crippen LogP contribution in [0.25, 0.3) is 0 Å². The number of benzene rings is 3. The lowest BCUT2D eigenvalue weighted by molar-refractivity contribution is -0.136. The van der Waals surface area contributed by atoms with Crippen molar-refractivity contribution in [1.82, 2.24) is 5.01 Å². The van der Waals surface area contributed by atoms with Crippen LogP contribution in [0.1, 0.15) is 34.1 Å². The van der Waals surface area contributed by atoms with Crippen molar-refractivity contribution in [3.63, 3.8) is 0 Å². The van der Waals surface area contributed by atoms with Gasteiger partial charge in [0.25, 0.3) is 15.9 Å². The minimum absolute atomic E-state index is 0.0265. The van der Waals surface area contributed by atoms with Crippen molar-refractivity contribution >= 4 is 44.9 Å². The van der Waals surface area contributed by atoms with Crippen LogP contribution < -0.4 is 9.04 Å². The molecule has 0 bridgehead atoms. The van der Waals surface area contributed by atoms with Gasteiger partial charge in [-0.25, -0.2) is 18.2 Å². The third-order valence-corrected chi connectivity index (χ3v) is 8.74. The molecule has 12 heteroatoms. The van der Waals surface area contributed by atoms with E-state index >= 15 is 0 Å². The van der Waals surface area contributed by atoms with Crippen LogP contribution in [0.3, 0.4) is 0 Å². The lowest BCUT2D eigenvalue weighted by atomic mass is 10.0. The second kappa shape index (κ2) is 12.1. The number of furan rings is 1. The summed E-state index contributed by atoms with van der Waals surface area (Å²) in [5.74, 6) is -0.318. The molecule has 1 aliphatic heterocycles. The summed E-state index contributed by atoms with van der Waals surface area (Å²) in [5.41, 5.74) is 1.82. The van der Waals surface area contributed by atoms with Gasteiger partial charge in [-0.2, -0.15) is 5.10 Å². The summed E-state index contributed by atoms with van der Waals surface area (Å²) in [7, 11) is -1.08. The Morgan fingerprint density at radius 3 is 2.45 bits per heavy atom. The number of halogens is 1. The molecule has 0 saturated heterocycles. The topological polar surface area (TPSA) is 119 Å². The fourth-order valence-electron chi connectivity index (χ4n) is 4.41. The predicted molar refractivity (Wildman–Crippen MR) is 156 cm³/mol. The molecule has 0 fully saturated rings. The molecule has 0 radical (unpaired) electrons. The SMILES string of the molecule is COc1ccc(N(C)S(=O)(=O)c2cccc(C(=O)OCC(=O)N3N=C(c4ccc(Cl)cc4)C[C@H]3c3ccco3)c2)cc1. The van der Waals surface area contributed by atoms with Gasteiger partial charge in [0.2, 0.25) is 0 Å². The average molecular weight is 608 g/mol. The smallest absolute Gasteiger partial charge is 0.338 e. The predicted octanol–water partition coefficient (Wildman–Crippen LogP) is 5.30. The molecule has 10 nitrogen and oxygen atoms in total. The first-order valence-electron chi connectivity index (χ1n) is 12.8. The second-order valence-corrected chi connectivity index (χ2v) is 11.7. The number of methoxy groups -OCH3 is 1. The number of hydrazone groups is 1. The minimum Gasteiger partial charge on any atom is -0.497 e. The van der Waals surface area contributed by atoms with Crippen LogP contribution in [0.4, 0.5) is 5.69 Å². The molecule has 1 aromatic heterocycles. The number of ether oxygens (including phenoxy) is 2. The molecule has 0 saturated carbocycles. The van der Waals surface area contributed by atoms with Crippen molar-refractivity contribution in [2.75, 3.05) is 25.1 Å². The van der Waals surface area contributed by atoms with E-state index in [2.05, 4.69) is 5.10 Å². The molecule has 2 heterocycles. The van der Waals surface area contributed by atoms with Gasteiger partial charge in [0.05, 0.1) is 35.2 Å². The summed E-state index contributed by atoms with van der Waals surface area (Å²) in [5, 5.41) is 6.30. The second-order valence-electron chi connectivity index (χ2n) is 9.30. The third-order valence-electron chi connectivity index (χ3n) is 6.71. The van der Waals surface area contributed by atoms with Gasteiger partial charge in [0.1, 0.15) is 17.6 Å². The van der Waals surface area contributed by atoms with Gasteiger partial charge >= 0.3 is 5.97 Å². The number of sulfonamides is 1. The zero-order valence-electron chi connectivity index (χ0n) is 22.6. The highest BCUT2D eigenvalue weighted by atomic mass is 35.5. The molecule has 1 atom stereocenters. The van der Waals surface area contributed by atoms with E-state index in [9.17, 15) is 18.0 Å². The zero-order valence-corrected chi connectivity index (χ0v) is 24.2. The number of hydrogen-bond donors (Lipinski definition) is 0. The highest BCUT2D eigenvalue weighted by Crippen LogP contribution is 2.33. The number of amides is 1. The minimum atomic E-state index is -4.01. The molecule has 3 aromatic carbocycles. The lowest BCUT2D eigenvalue weighted by Gasteiger charge is -2.20. The highest BCUT2D eigenvalue weighted by Gasteiger charge is 2.35. The first-order valence-corrected chi connectivity index (χ1v) is 14.6. The highest BCUT2D eigenvalue weighted by molar-refractivity contribution is 7.92. The average Bonchev–Trinajstić information content (AvgIpc) is 3.71. The largest absolute Gasteiger partial charge is 0.497 e. The number of rotatable bonds is 9. The van der Waals surface area contributed by atoms with E-state index in [1.165, 1.54) is 49.7 Å². The van der Waals surface area contributed by atoms with Gasteiger partial charge in [-0.15, -0.1) is 0 Å². The van der Waals surface area contributed by atoms with Crippen molar-refractivity contribution in [3.8, 4) is 5.75 Å². The molecule has 5 rings (SSSR count). The fourth-order valence-corrected chi connectivity index (χ4v) is 5.78. The van der Waals surface area contributed by atoms with Crippen LogP contribution in [0.2, 0.25) is 5.02 Å². The van der Waals surface area contributed by atoms with Gasteiger partial charge < -0.3 is 13.9 Å².